The van der Waals surface area contributed by atoms with Gasteiger partial charge in [-0.2, -0.15) is 0 Å². The van der Waals surface area contributed by atoms with Crippen molar-refractivity contribution in [3.8, 4) is 11.1 Å². The molecular formula is C22H22N4O4. The average Bonchev–Trinajstić information content (AvgIpc) is 2.69. The normalized spacial score (nSPS) is 10.7. The number of carbonyl (C=O) groups excluding carboxylic acids is 1. The predicted molar refractivity (Wildman–Crippen MR) is 115 cm³/mol. The molecule has 4 N–H and O–H groups in total. The molecule has 2 amide bonds. The van der Waals surface area contributed by atoms with Gasteiger partial charge < -0.3 is 15.4 Å². The van der Waals surface area contributed by atoms with Crippen LogP contribution in [0, 0.1) is 6.92 Å². The number of hydrogen-bond acceptors (Lipinski definition) is 4. The van der Waals surface area contributed by atoms with Crippen molar-refractivity contribution >= 4 is 23.4 Å². The van der Waals surface area contributed by atoms with E-state index in [0.29, 0.717) is 22.7 Å². The minimum absolute atomic E-state index is 0.108. The van der Waals surface area contributed by atoms with Gasteiger partial charge in [-0.1, -0.05) is 19.9 Å². The number of nitrogens with one attached hydrogen (secondary N) is 3. The van der Waals surface area contributed by atoms with E-state index in [4.69, 9.17) is 5.11 Å². The van der Waals surface area contributed by atoms with Crippen LogP contribution in [0.2, 0.25) is 0 Å². The van der Waals surface area contributed by atoms with Crippen LogP contribution in [0.4, 0.5) is 16.2 Å². The lowest BCUT2D eigenvalue weighted by molar-refractivity contribution is 0.102. The standard InChI is InChI=1S/C22H22N4O4/c1-12(2)17-5-4-16(8-13(17)3)25-21(28)18-9-14(6-7-23-18)15-10-19(26-22(29)30)20(27)24-11-15/h4-12,26H,1-3H3,(H,24,27)(H,25,28)(H,29,30). The number of rotatable bonds is 5. The fourth-order valence-corrected chi connectivity index (χ4v) is 3.19. The summed E-state index contributed by atoms with van der Waals surface area (Å²) < 4.78 is 0. The van der Waals surface area contributed by atoms with Gasteiger partial charge in [0.2, 0.25) is 0 Å². The SMILES string of the molecule is Cc1cc(NC(=O)c2cc(-c3c[nH]c(=O)c(NC(=O)O)c3)ccn2)ccc1C(C)C. The summed E-state index contributed by atoms with van der Waals surface area (Å²) >= 11 is 0. The van der Waals surface area contributed by atoms with Crippen LogP contribution >= 0.6 is 0 Å². The number of anilines is 2. The van der Waals surface area contributed by atoms with Crippen LogP contribution < -0.4 is 16.2 Å². The molecule has 3 rings (SSSR count). The smallest absolute Gasteiger partial charge is 0.409 e. The number of amides is 2. The number of benzene rings is 1. The van der Waals surface area contributed by atoms with Crippen LogP contribution in [0.15, 0.2) is 53.6 Å². The Morgan fingerprint density at radius 3 is 2.50 bits per heavy atom. The van der Waals surface area contributed by atoms with Crippen molar-refractivity contribution in [1.29, 1.82) is 0 Å². The fourth-order valence-electron chi connectivity index (χ4n) is 3.19. The lowest BCUT2D eigenvalue weighted by Crippen LogP contribution is -2.17. The van der Waals surface area contributed by atoms with Gasteiger partial charge in [0.25, 0.3) is 11.5 Å². The molecule has 8 nitrogen and oxygen atoms in total. The Balaban J connectivity index is 1.85. The number of aryl methyl sites for hydroxylation is 1. The maximum absolute atomic E-state index is 12.7. The van der Waals surface area contributed by atoms with E-state index in [1.807, 2.05) is 30.4 Å². The number of hydrogen-bond donors (Lipinski definition) is 4. The van der Waals surface area contributed by atoms with Gasteiger partial charge in [0.05, 0.1) is 0 Å². The van der Waals surface area contributed by atoms with Crippen LogP contribution in [0.5, 0.6) is 0 Å². The highest BCUT2D eigenvalue weighted by atomic mass is 16.4. The Bertz CT molecular complexity index is 1170. The Morgan fingerprint density at radius 2 is 1.83 bits per heavy atom. The van der Waals surface area contributed by atoms with E-state index in [1.54, 1.807) is 12.1 Å². The van der Waals surface area contributed by atoms with Crippen molar-refractivity contribution in [3.05, 3.63) is 76.0 Å². The number of H-pyrrole nitrogens is 1. The summed E-state index contributed by atoms with van der Waals surface area (Å²) in [4.78, 5) is 41.9. The Kier molecular flexibility index (Phi) is 5.96. The molecule has 8 heteroatoms. The summed E-state index contributed by atoms with van der Waals surface area (Å²) in [6, 6.07) is 10.4. The zero-order valence-electron chi connectivity index (χ0n) is 16.8. The Morgan fingerprint density at radius 1 is 1.07 bits per heavy atom. The molecule has 0 unspecified atom stereocenters. The predicted octanol–water partition coefficient (Wildman–Crippen LogP) is 4.21. The Labute approximate surface area is 173 Å². The molecule has 0 fully saturated rings. The monoisotopic (exact) mass is 406 g/mol. The van der Waals surface area contributed by atoms with Gasteiger partial charge >= 0.3 is 6.09 Å². The first-order valence-electron chi connectivity index (χ1n) is 9.35. The number of pyridine rings is 2. The highest BCUT2D eigenvalue weighted by Crippen LogP contribution is 2.23. The lowest BCUT2D eigenvalue weighted by Gasteiger charge is -2.12. The molecule has 3 aromatic rings. The number of aromatic nitrogens is 2. The molecule has 154 valence electrons. The fraction of sp³-hybridized carbons (Fsp3) is 0.182. The molecule has 0 radical (unpaired) electrons. The van der Waals surface area contributed by atoms with Gasteiger partial charge in [-0.25, -0.2) is 4.79 Å². The van der Waals surface area contributed by atoms with E-state index in [9.17, 15) is 14.4 Å². The minimum atomic E-state index is -1.34. The van der Waals surface area contributed by atoms with Crippen LogP contribution in [-0.2, 0) is 0 Å². The highest BCUT2D eigenvalue weighted by Gasteiger charge is 2.12. The molecule has 2 aromatic heterocycles. The van der Waals surface area contributed by atoms with E-state index in [2.05, 4.69) is 29.1 Å². The third kappa shape index (κ3) is 4.72. The minimum Gasteiger partial charge on any atom is -0.465 e. The van der Waals surface area contributed by atoms with E-state index in [-0.39, 0.29) is 17.3 Å². The van der Waals surface area contributed by atoms with Crippen LogP contribution in [0.3, 0.4) is 0 Å². The van der Waals surface area contributed by atoms with Crippen molar-refractivity contribution in [1.82, 2.24) is 9.97 Å². The third-order valence-electron chi connectivity index (χ3n) is 4.62. The molecule has 0 atom stereocenters. The van der Waals surface area contributed by atoms with Crippen molar-refractivity contribution in [2.75, 3.05) is 10.6 Å². The number of nitrogens with zero attached hydrogens (tertiary/aromatic N) is 1. The van der Waals surface area contributed by atoms with Gasteiger partial charge in [0, 0.05) is 23.6 Å². The van der Waals surface area contributed by atoms with Crippen LogP contribution in [0.1, 0.15) is 41.4 Å². The summed E-state index contributed by atoms with van der Waals surface area (Å²) in [6.07, 6.45) is 1.58. The molecule has 2 heterocycles. The van der Waals surface area contributed by atoms with Gasteiger partial charge in [0.15, 0.2) is 0 Å². The maximum Gasteiger partial charge on any atom is 0.409 e. The van der Waals surface area contributed by atoms with Gasteiger partial charge in [-0.3, -0.25) is 19.9 Å². The van der Waals surface area contributed by atoms with E-state index in [1.165, 1.54) is 24.0 Å². The average molecular weight is 406 g/mol. The molecule has 0 aliphatic heterocycles. The molecular weight excluding hydrogens is 384 g/mol. The number of carbonyl (C=O) groups is 2. The second-order valence-corrected chi connectivity index (χ2v) is 7.17. The number of aromatic amines is 1. The summed E-state index contributed by atoms with van der Waals surface area (Å²) in [5.41, 5.74) is 3.64. The molecule has 1 aromatic carbocycles. The van der Waals surface area contributed by atoms with Crippen LogP contribution in [0.25, 0.3) is 11.1 Å². The second-order valence-electron chi connectivity index (χ2n) is 7.17. The third-order valence-corrected chi connectivity index (χ3v) is 4.62. The highest BCUT2D eigenvalue weighted by molar-refractivity contribution is 6.03. The molecule has 0 aliphatic rings. The van der Waals surface area contributed by atoms with Crippen molar-refractivity contribution in [3.63, 3.8) is 0 Å². The zero-order chi connectivity index (χ0) is 21.8. The Hall–Kier alpha value is -3.94. The van der Waals surface area contributed by atoms with Crippen molar-refractivity contribution in [2.45, 2.75) is 26.7 Å². The summed E-state index contributed by atoms with van der Waals surface area (Å²) in [5.74, 6) is 0.0211. The zero-order valence-corrected chi connectivity index (χ0v) is 16.8. The molecule has 0 saturated heterocycles. The first-order valence-corrected chi connectivity index (χ1v) is 9.35. The van der Waals surface area contributed by atoms with Crippen LogP contribution in [-0.4, -0.2) is 27.1 Å². The van der Waals surface area contributed by atoms with E-state index in [0.717, 1.165) is 5.56 Å². The summed E-state index contributed by atoms with van der Waals surface area (Å²) in [6.45, 7) is 6.23. The quantitative estimate of drug-likeness (QED) is 0.505. The molecule has 0 aliphatic carbocycles. The van der Waals surface area contributed by atoms with Gasteiger partial charge in [-0.15, -0.1) is 0 Å². The van der Waals surface area contributed by atoms with E-state index >= 15 is 0 Å². The number of carboxylic acid groups (broad SMARTS) is 1. The summed E-state index contributed by atoms with van der Waals surface area (Å²) in [5, 5.41) is 13.7. The van der Waals surface area contributed by atoms with Gasteiger partial charge in [0.1, 0.15) is 11.4 Å². The molecule has 0 spiro atoms. The summed E-state index contributed by atoms with van der Waals surface area (Å²) in [7, 11) is 0. The van der Waals surface area contributed by atoms with Crippen molar-refractivity contribution < 1.29 is 14.7 Å². The second kappa shape index (κ2) is 8.60. The van der Waals surface area contributed by atoms with Gasteiger partial charge in [-0.05, 0) is 59.9 Å². The molecule has 30 heavy (non-hydrogen) atoms. The molecule has 0 bridgehead atoms. The first kappa shape index (κ1) is 20.8. The van der Waals surface area contributed by atoms with E-state index < -0.39 is 11.7 Å². The largest absolute Gasteiger partial charge is 0.465 e. The first-order chi connectivity index (χ1) is 14.2. The molecule has 0 saturated carbocycles. The maximum atomic E-state index is 12.7. The lowest BCUT2D eigenvalue weighted by atomic mass is 9.97. The van der Waals surface area contributed by atoms with Crippen molar-refractivity contribution in [2.24, 2.45) is 0 Å². The topological polar surface area (TPSA) is 124 Å².